The third-order valence-corrected chi connectivity index (χ3v) is 8.61. The van der Waals surface area contributed by atoms with E-state index in [4.69, 9.17) is 29.0 Å². The molecule has 41 heavy (non-hydrogen) atoms. The summed E-state index contributed by atoms with van der Waals surface area (Å²) < 4.78 is 25.4. The molecule has 1 atom stereocenters. The number of hydrogen-bond acceptors (Lipinski definition) is 7. The molecule has 1 aliphatic heterocycles. The van der Waals surface area contributed by atoms with E-state index in [1.165, 1.54) is 24.1 Å². The van der Waals surface area contributed by atoms with E-state index in [2.05, 4.69) is 24.3 Å². The average Bonchev–Trinajstić information content (AvgIpc) is 3.34. The molecule has 1 fully saturated rings. The molecule has 1 saturated heterocycles. The number of aryl methyl sites for hydroxylation is 3. The first kappa shape index (κ1) is 29.3. The fraction of sp³-hybridized carbons (Fsp3) is 0.545. The van der Waals surface area contributed by atoms with E-state index in [0.717, 1.165) is 60.4 Å². The average molecular weight is 562 g/mol. The SMILES string of the molecule is COc1ccc(C2(OC)CCOCC2)cc1C(CC(C)=O)Cc1cc(OCCc2ccc3c(n2)CCCC3)n(C)n1. The van der Waals surface area contributed by atoms with Crippen molar-refractivity contribution in [2.45, 2.75) is 76.2 Å². The highest BCUT2D eigenvalue weighted by Crippen LogP contribution is 2.40. The van der Waals surface area contributed by atoms with Crippen LogP contribution < -0.4 is 9.47 Å². The molecule has 0 bridgehead atoms. The number of carbonyl (C=O) groups excluding carboxylic acids is 1. The van der Waals surface area contributed by atoms with Crippen LogP contribution in [0.3, 0.4) is 0 Å². The van der Waals surface area contributed by atoms with E-state index in [1.54, 1.807) is 25.8 Å². The van der Waals surface area contributed by atoms with Crippen molar-refractivity contribution in [1.82, 2.24) is 14.8 Å². The molecule has 8 nitrogen and oxygen atoms in total. The van der Waals surface area contributed by atoms with E-state index in [0.29, 0.717) is 38.5 Å². The molecular weight excluding hydrogens is 518 g/mol. The first-order valence-electron chi connectivity index (χ1n) is 14.8. The molecule has 2 aliphatic rings. The number of nitrogens with zero attached hydrogens (tertiary/aromatic N) is 3. The Balaban J connectivity index is 1.32. The van der Waals surface area contributed by atoms with Gasteiger partial charge in [0, 0.05) is 70.5 Å². The molecule has 1 aliphatic carbocycles. The summed E-state index contributed by atoms with van der Waals surface area (Å²) in [4.78, 5) is 17.3. The van der Waals surface area contributed by atoms with Crippen molar-refractivity contribution in [1.29, 1.82) is 0 Å². The number of carbonyl (C=O) groups is 1. The molecule has 3 aromatic rings. The summed E-state index contributed by atoms with van der Waals surface area (Å²) in [7, 11) is 5.33. The van der Waals surface area contributed by atoms with Crippen LogP contribution in [0.5, 0.6) is 11.6 Å². The molecule has 1 unspecified atom stereocenters. The van der Waals surface area contributed by atoms with E-state index in [9.17, 15) is 4.79 Å². The number of pyridine rings is 1. The highest BCUT2D eigenvalue weighted by molar-refractivity contribution is 5.76. The third-order valence-electron chi connectivity index (χ3n) is 8.61. The van der Waals surface area contributed by atoms with Crippen LogP contribution >= 0.6 is 0 Å². The van der Waals surface area contributed by atoms with Gasteiger partial charge in [-0.25, -0.2) is 4.68 Å². The number of methoxy groups -OCH3 is 2. The van der Waals surface area contributed by atoms with Crippen LogP contribution in [0.2, 0.25) is 0 Å². The molecule has 1 aromatic carbocycles. The number of rotatable bonds is 12. The molecular formula is C33H43N3O5. The van der Waals surface area contributed by atoms with Crippen molar-refractivity contribution in [3.63, 3.8) is 0 Å². The molecule has 0 saturated carbocycles. The minimum Gasteiger partial charge on any atom is -0.496 e. The largest absolute Gasteiger partial charge is 0.496 e. The number of hydrogen-bond donors (Lipinski definition) is 0. The highest BCUT2D eigenvalue weighted by Gasteiger charge is 2.35. The Hall–Kier alpha value is -3.23. The lowest BCUT2D eigenvalue weighted by molar-refractivity contribution is -0.117. The molecule has 0 spiro atoms. The van der Waals surface area contributed by atoms with Crippen LogP contribution in [0.1, 0.15) is 78.7 Å². The number of aromatic nitrogens is 3. The molecule has 0 N–H and O–H groups in total. The van der Waals surface area contributed by atoms with Crippen LogP contribution in [0.25, 0.3) is 0 Å². The zero-order chi connectivity index (χ0) is 28.8. The summed E-state index contributed by atoms with van der Waals surface area (Å²) in [6.07, 6.45) is 7.99. The highest BCUT2D eigenvalue weighted by atomic mass is 16.5. The predicted molar refractivity (Wildman–Crippen MR) is 157 cm³/mol. The number of ketones is 1. The van der Waals surface area contributed by atoms with Crippen molar-refractivity contribution in [3.05, 3.63) is 70.2 Å². The first-order valence-corrected chi connectivity index (χ1v) is 14.8. The van der Waals surface area contributed by atoms with Gasteiger partial charge in [-0.3, -0.25) is 4.98 Å². The van der Waals surface area contributed by atoms with Gasteiger partial charge in [-0.15, -0.1) is 0 Å². The molecule has 0 amide bonds. The lowest BCUT2D eigenvalue weighted by atomic mass is 9.82. The number of fused-ring (bicyclic) bond motifs is 1. The quantitative estimate of drug-likeness (QED) is 0.297. The van der Waals surface area contributed by atoms with E-state index in [-0.39, 0.29) is 11.7 Å². The zero-order valence-electron chi connectivity index (χ0n) is 24.9. The van der Waals surface area contributed by atoms with Gasteiger partial charge in [0.05, 0.1) is 25.0 Å². The standard InChI is InChI=1S/C33H43N3O5/c1-23(37)19-25(29-21-26(10-12-31(29)38-3)33(39-4)14-17-40-18-15-33)20-28-22-32(36(2)35-28)41-16-13-27-11-9-24-7-5-6-8-30(24)34-27/h9-12,21-22,25H,5-8,13-20H2,1-4H3. The van der Waals surface area contributed by atoms with Crippen molar-refractivity contribution in [2.24, 2.45) is 7.05 Å². The zero-order valence-corrected chi connectivity index (χ0v) is 24.9. The molecule has 2 aromatic heterocycles. The second kappa shape index (κ2) is 13.2. The maximum Gasteiger partial charge on any atom is 0.211 e. The number of benzene rings is 1. The minimum absolute atomic E-state index is 0.0985. The van der Waals surface area contributed by atoms with Crippen molar-refractivity contribution in [2.75, 3.05) is 34.0 Å². The van der Waals surface area contributed by atoms with Gasteiger partial charge in [-0.05, 0) is 79.8 Å². The fourth-order valence-electron chi connectivity index (χ4n) is 6.31. The first-order chi connectivity index (χ1) is 19.9. The summed E-state index contributed by atoms with van der Waals surface area (Å²) >= 11 is 0. The summed E-state index contributed by atoms with van der Waals surface area (Å²) in [6.45, 7) is 3.48. The van der Waals surface area contributed by atoms with Crippen LogP contribution in [-0.4, -0.2) is 54.6 Å². The summed E-state index contributed by atoms with van der Waals surface area (Å²) in [5, 5.41) is 4.75. The summed E-state index contributed by atoms with van der Waals surface area (Å²) in [5.74, 6) is 1.50. The lowest BCUT2D eigenvalue weighted by Crippen LogP contribution is -2.35. The van der Waals surface area contributed by atoms with Crippen LogP contribution in [-0.2, 0) is 52.6 Å². The second-order valence-corrected chi connectivity index (χ2v) is 11.4. The topological polar surface area (TPSA) is 84.7 Å². The van der Waals surface area contributed by atoms with Gasteiger partial charge in [-0.1, -0.05) is 12.1 Å². The van der Waals surface area contributed by atoms with Crippen molar-refractivity contribution in [3.8, 4) is 11.6 Å². The van der Waals surface area contributed by atoms with E-state index < -0.39 is 5.60 Å². The monoisotopic (exact) mass is 561 g/mol. The van der Waals surface area contributed by atoms with Crippen molar-refractivity contribution < 1.29 is 23.7 Å². The van der Waals surface area contributed by atoms with Gasteiger partial charge in [-0.2, -0.15) is 5.10 Å². The van der Waals surface area contributed by atoms with Crippen LogP contribution in [0.4, 0.5) is 0 Å². The Morgan fingerprint density at radius 2 is 1.88 bits per heavy atom. The molecule has 0 radical (unpaired) electrons. The van der Waals surface area contributed by atoms with Crippen LogP contribution in [0.15, 0.2) is 36.4 Å². The Bertz CT molecular complexity index is 1340. The van der Waals surface area contributed by atoms with E-state index in [1.807, 2.05) is 19.2 Å². The minimum atomic E-state index is -0.404. The lowest BCUT2D eigenvalue weighted by Gasteiger charge is -2.37. The van der Waals surface area contributed by atoms with Gasteiger partial charge in [0.15, 0.2) is 0 Å². The van der Waals surface area contributed by atoms with Gasteiger partial charge >= 0.3 is 0 Å². The smallest absolute Gasteiger partial charge is 0.211 e. The van der Waals surface area contributed by atoms with Crippen LogP contribution in [0, 0.1) is 0 Å². The van der Waals surface area contributed by atoms with Gasteiger partial charge in [0.25, 0.3) is 0 Å². The molecule has 5 rings (SSSR count). The Kier molecular flexibility index (Phi) is 9.40. The Morgan fingerprint density at radius 3 is 2.63 bits per heavy atom. The summed E-state index contributed by atoms with van der Waals surface area (Å²) in [5.41, 5.74) is 6.27. The van der Waals surface area contributed by atoms with Gasteiger partial charge in [0.2, 0.25) is 5.88 Å². The second-order valence-electron chi connectivity index (χ2n) is 11.4. The molecule has 220 valence electrons. The third kappa shape index (κ3) is 6.81. The Morgan fingerprint density at radius 1 is 1.07 bits per heavy atom. The fourth-order valence-corrected chi connectivity index (χ4v) is 6.31. The maximum absolute atomic E-state index is 12.4. The summed E-state index contributed by atoms with van der Waals surface area (Å²) in [6, 6.07) is 12.6. The predicted octanol–water partition coefficient (Wildman–Crippen LogP) is 5.28. The van der Waals surface area contributed by atoms with E-state index >= 15 is 0 Å². The Labute approximate surface area is 243 Å². The van der Waals surface area contributed by atoms with Crippen molar-refractivity contribution >= 4 is 5.78 Å². The van der Waals surface area contributed by atoms with Gasteiger partial charge in [0.1, 0.15) is 11.5 Å². The number of ether oxygens (including phenoxy) is 4. The molecule has 3 heterocycles. The maximum atomic E-state index is 12.4. The normalized spacial score (nSPS) is 17.1. The number of Topliss-reactive ketones (excluding diaryl/α,β-unsaturated/α-hetero) is 1. The molecule has 8 heteroatoms. The van der Waals surface area contributed by atoms with Gasteiger partial charge < -0.3 is 23.7 Å².